The summed E-state index contributed by atoms with van der Waals surface area (Å²) in [6, 6.07) is 17.0. The number of nitrogens with one attached hydrogen (secondary N) is 4. The van der Waals surface area contributed by atoms with Gasteiger partial charge in [0.15, 0.2) is 0 Å². The van der Waals surface area contributed by atoms with Crippen LogP contribution in [-0.4, -0.2) is 67.8 Å². The Kier molecular flexibility index (Phi) is 11.2. The Bertz CT molecular complexity index is 1800. The van der Waals surface area contributed by atoms with Crippen molar-refractivity contribution in [3.8, 4) is 22.5 Å². The third-order valence-electron chi connectivity index (χ3n) is 8.46. The lowest BCUT2D eigenvalue weighted by atomic mass is 9.81. The second-order valence-corrected chi connectivity index (χ2v) is 13.4. The third kappa shape index (κ3) is 9.71. The van der Waals surface area contributed by atoms with Crippen molar-refractivity contribution in [3.63, 3.8) is 0 Å². The van der Waals surface area contributed by atoms with E-state index in [1.54, 1.807) is 69.3 Å². The highest BCUT2D eigenvalue weighted by Gasteiger charge is 2.30. The van der Waals surface area contributed by atoms with Crippen LogP contribution < -0.4 is 16.0 Å². The molecule has 0 bridgehead atoms. The summed E-state index contributed by atoms with van der Waals surface area (Å²) in [7, 11) is 0. The lowest BCUT2D eigenvalue weighted by Gasteiger charge is -2.29. The zero-order chi connectivity index (χ0) is 35.8. The van der Waals surface area contributed by atoms with Crippen LogP contribution in [0.5, 0.6) is 0 Å². The van der Waals surface area contributed by atoms with Gasteiger partial charge in [-0.2, -0.15) is 5.21 Å². The number of carboxylic acids is 1. The molecule has 4 aromatic rings. The number of anilines is 1. The second-order valence-electron chi connectivity index (χ2n) is 13.4. The average molecular weight is 686 g/mol. The van der Waals surface area contributed by atoms with Gasteiger partial charge in [0.1, 0.15) is 17.5 Å². The number of alkyl carbamates (subject to hydrolysis) is 1. The minimum absolute atomic E-state index is 0.178. The van der Waals surface area contributed by atoms with Gasteiger partial charge in [-0.25, -0.2) is 14.0 Å². The number of ether oxygens (including phenoxy) is 1. The molecule has 0 unspecified atom stereocenters. The fourth-order valence-corrected chi connectivity index (χ4v) is 5.82. The zero-order valence-electron chi connectivity index (χ0n) is 28.0. The summed E-state index contributed by atoms with van der Waals surface area (Å²) in [6.45, 7) is 5.88. The van der Waals surface area contributed by atoms with Crippen molar-refractivity contribution in [2.45, 2.75) is 64.5 Å². The third-order valence-corrected chi connectivity index (χ3v) is 8.46. The lowest BCUT2D eigenvalue weighted by molar-refractivity contribution is -0.130. The summed E-state index contributed by atoms with van der Waals surface area (Å²) >= 11 is 0. The predicted octanol–water partition coefficient (Wildman–Crippen LogP) is 5.37. The molecule has 0 spiro atoms. The maximum atomic E-state index is 13.9. The van der Waals surface area contributed by atoms with E-state index in [9.17, 15) is 28.7 Å². The average Bonchev–Trinajstić information content (AvgIpc) is 3.63. The highest BCUT2D eigenvalue weighted by Crippen LogP contribution is 2.29. The predicted molar refractivity (Wildman–Crippen MR) is 182 cm³/mol. The van der Waals surface area contributed by atoms with Crippen LogP contribution in [0.1, 0.15) is 62.4 Å². The first-order chi connectivity index (χ1) is 23.8. The van der Waals surface area contributed by atoms with Crippen LogP contribution in [0.15, 0.2) is 66.7 Å². The van der Waals surface area contributed by atoms with Crippen LogP contribution in [0.25, 0.3) is 22.5 Å². The quantitative estimate of drug-likeness (QED) is 0.138. The number of benzene rings is 3. The highest BCUT2D eigenvalue weighted by molar-refractivity contribution is 5.98. The normalized spacial score (nSPS) is 16.6. The molecule has 262 valence electrons. The van der Waals surface area contributed by atoms with Crippen molar-refractivity contribution in [3.05, 3.63) is 83.7 Å². The summed E-state index contributed by atoms with van der Waals surface area (Å²) in [5, 5.41) is 31.9. The van der Waals surface area contributed by atoms with E-state index < -0.39 is 41.0 Å². The van der Waals surface area contributed by atoms with Gasteiger partial charge in [0, 0.05) is 30.1 Å². The van der Waals surface area contributed by atoms with Crippen molar-refractivity contribution in [2.75, 3.05) is 11.9 Å². The summed E-state index contributed by atoms with van der Waals surface area (Å²) < 4.78 is 19.3. The van der Waals surface area contributed by atoms with Crippen LogP contribution in [0, 0.1) is 17.7 Å². The van der Waals surface area contributed by atoms with Gasteiger partial charge in [0.25, 0.3) is 0 Å². The van der Waals surface area contributed by atoms with Crippen molar-refractivity contribution in [1.29, 1.82) is 0 Å². The molecule has 13 nitrogen and oxygen atoms in total. The van der Waals surface area contributed by atoms with Crippen LogP contribution in [0.4, 0.5) is 14.9 Å². The summed E-state index contributed by atoms with van der Waals surface area (Å²) in [5.41, 5.74) is 2.15. The van der Waals surface area contributed by atoms with E-state index in [-0.39, 0.29) is 24.2 Å². The summed E-state index contributed by atoms with van der Waals surface area (Å²) in [4.78, 5) is 50.7. The number of nitrogens with zero attached hydrogens (tertiary/aromatic N) is 3. The van der Waals surface area contributed by atoms with Gasteiger partial charge in [0.2, 0.25) is 17.6 Å². The lowest BCUT2D eigenvalue weighted by Crippen LogP contribution is -2.48. The number of rotatable bonds is 11. The summed E-state index contributed by atoms with van der Waals surface area (Å²) in [6.07, 6.45) is 2.42. The van der Waals surface area contributed by atoms with Crippen molar-refractivity contribution in [2.24, 2.45) is 11.8 Å². The minimum atomic E-state index is -1.36. The smallest absolute Gasteiger partial charge is 0.407 e. The number of aromatic amines is 1. The van der Waals surface area contributed by atoms with Crippen molar-refractivity contribution in [1.82, 2.24) is 31.3 Å². The standard InChI is InChI=1S/C36H40FN7O6/c1-36(2,3)50-35(49)38-20-22-6-10-25(11-7-22)32(45)40-30(33(46)39-27-15-12-24(13-16-27)31-41-43-44-42-31)18-21-4-8-23(9-5-21)26-14-17-29(37)28(19-26)34(47)48/h4-5,8-9,12-17,19,22,25,30H,6-7,10-11,18,20H2,1-3H3,(H,38,49)(H,39,46)(H,40,45)(H,47,48)(H,41,42,43,44)/t22-,25-,30-/m0/s1. The molecule has 3 amide bonds. The Balaban J connectivity index is 1.25. The molecule has 3 aromatic carbocycles. The van der Waals surface area contributed by atoms with Gasteiger partial charge in [-0.05, 0) is 111 Å². The second kappa shape index (κ2) is 15.7. The first kappa shape index (κ1) is 35.6. The monoisotopic (exact) mass is 685 g/mol. The topological polar surface area (TPSA) is 188 Å². The molecular formula is C36H40FN7O6. The van der Waals surface area contributed by atoms with E-state index in [0.717, 1.165) is 24.5 Å². The Morgan fingerprint density at radius 3 is 2.22 bits per heavy atom. The zero-order valence-corrected chi connectivity index (χ0v) is 28.0. The van der Waals surface area contributed by atoms with Crippen LogP contribution >= 0.6 is 0 Å². The largest absolute Gasteiger partial charge is 0.478 e. The number of carbonyl (C=O) groups is 4. The molecule has 5 N–H and O–H groups in total. The molecule has 1 aliphatic rings. The van der Waals surface area contributed by atoms with Gasteiger partial charge in [-0.15, -0.1) is 10.2 Å². The Morgan fingerprint density at radius 1 is 0.940 bits per heavy atom. The number of carbonyl (C=O) groups excluding carboxylic acids is 3. The first-order valence-electron chi connectivity index (χ1n) is 16.4. The first-order valence-corrected chi connectivity index (χ1v) is 16.4. The minimum Gasteiger partial charge on any atom is -0.478 e. The van der Waals surface area contributed by atoms with Gasteiger partial charge in [-0.1, -0.05) is 30.3 Å². The number of amides is 3. The van der Waals surface area contributed by atoms with Crippen LogP contribution in [0.2, 0.25) is 0 Å². The molecule has 1 aliphatic carbocycles. The Morgan fingerprint density at radius 2 is 1.60 bits per heavy atom. The molecule has 1 aromatic heterocycles. The number of halogens is 1. The number of carboxylic acid groups (broad SMARTS) is 1. The van der Waals surface area contributed by atoms with E-state index in [2.05, 4.69) is 36.6 Å². The van der Waals surface area contributed by atoms with E-state index in [1.165, 1.54) is 12.1 Å². The molecule has 0 saturated heterocycles. The van der Waals surface area contributed by atoms with Crippen molar-refractivity contribution < 1.29 is 33.4 Å². The number of tetrazole rings is 1. The summed E-state index contributed by atoms with van der Waals surface area (Å²) in [5.74, 6) is -2.48. The molecule has 0 aliphatic heterocycles. The van der Waals surface area contributed by atoms with Crippen molar-refractivity contribution >= 4 is 29.6 Å². The number of hydrogen-bond acceptors (Lipinski definition) is 8. The fourth-order valence-electron chi connectivity index (χ4n) is 5.82. The Hall–Kier alpha value is -5.66. The molecular weight excluding hydrogens is 645 g/mol. The maximum absolute atomic E-state index is 13.9. The Labute approximate surface area is 288 Å². The molecule has 14 heteroatoms. The van der Waals surface area contributed by atoms with E-state index >= 15 is 0 Å². The molecule has 1 atom stereocenters. The molecule has 50 heavy (non-hydrogen) atoms. The van der Waals surface area contributed by atoms with Crippen LogP contribution in [-0.2, 0) is 20.7 Å². The number of aromatic carboxylic acids is 1. The highest BCUT2D eigenvalue weighted by atomic mass is 19.1. The number of H-pyrrole nitrogens is 1. The molecule has 1 heterocycles. The van der Waals surface area contributed by atoms with Crippen LogP contribution in [0.3, 0.4) is 0 Å². The molecule has 5 rings (SSSR count). The molecule has 0 radical (unpaired) electrons. The number of hydrogen-bond donors (Lipinski definition) is 5. The van der Waals surface area contributed by atoms with Gasteiger partial charge >= 0.3 is 12.1 Å². The SMILES string of the molecule is CC(C)(C)OC(=O)NC[C@H]1CC[C@H](C(=O)N[C@@H](Cc2ccc(-c3ccc(F)c(C(=O)O)c3)cc2)C(=O)Nc2ccc(-c3nn[nH]n3)cc2)CC1. The molecule has 1 fully saturated rings. The van der Waals surface area contributed by atoms with Gasteiger partial charge < -0.3 is 25.8 Å². The number of aromatic nitrogens is 4. The van der Waals surface area contributed by atoms with E-state index in [4.69, 9.17) is 4.74 Å². The van der Waals surface area contributed by atoms with Gasteiger partial charge in [-0.3, -0.25) is 9.59 Å². The van der Waals surface area contributed by atoms with Gasteiger partial charge in [0.05, 0.1) is 5.56 Å². The van der Waals surface area contributed by atoms with E-state index in [1.807, 2.05) is 0 Å². The van der Waals surface area contributed by atoms with E-state index in [0.29, 0.717) is 47.6 Å². The maximum Gasteiger partial charge on any atom is 0.407 e. The molecule has 1 saturated carbocycles. The fraction of sp³-hybridized carbons (Fsp3) is 0.361.